The molecular weight excluding hydrogens is 280 g/mol. The molecule has 1 aromatic carbocycles. The first-order valence-corrected chi connectivity index (χ1v) is 6.93. The second-order valence-electron chi connectivity index (χ2n) is 5.78. The van der Waals surface area contributed by atoms with Gasteiger partial charge >= 0.3 is 0 Å². The number of anilines is 3. The first-order chi connectivity index (χ1) is 10.5. The summed E-state index contributed by atoms with van der Waals surface area (Å²) in [5.41, 5.74) is 2.81. The number of benzene rings is 1. The van der Waals surface area contributed by atoms with Gasteiger partial charge in [0.25, 0.3) is 0 Å². The molecule has 0 atom stereocenters. The van der Waals surface area contributed by atoms with Gasteiger partial charge < -0.3 is 10.6 Å². The average molecular weight is 294 g/mol. The third-order valence-corrected chi connectivity index (χ3v) is 3.91. The van der Waals surface area contributed by atoms with Gasteiger partial charge in [-0.1, -0.05) is 6.07 Å². The van der Waals surface area contributed by atoms with Crippen molar-refractivity contribution in [3.63, 3.8) is 0 Å². The molecule has 3 heterocycles. The van der Waals surface area contributed by atoms with Gasteiger partial charge in [-0.25, -0.2) is 4.52 Å². The van der Waals surface area contributed by atoms with Crippen LogP contribution in [0.15, 0.2) is 36.8 Å². The summed E-state index contributed by atoms with van der Waals surface area (Å²) in [7, 11) is 0. The summed E-state index contributed by atoms with van der Waals surface area (Å²) in [4.78, 5) is 20.3. The second-order valence-corrected chi connectivity index (χ2v) is 5.78. The Labute approximate surface area is 126 Å². The van der Waals surface area contributed by atoms with Gasteiger partial charge in [0, 0.05) is 23.8 Å². The van der Waals surface area contributed by atoms with E-state index in [1.54, 1.807) is 23.1 Å². The largest absolute Gasteiger partial charge is 0.325 e. The molecule has 4 rings (SSSR count). The van der Waals surface area contributed by atoms with Crippen molar-refractivity contribution in [2.75, 3.05) is 10.6 Å². The van der Waals surface area contributed by atoms with E-state index in [2.05, 4.69) is 25.7 Å². The molecule has 110 valence electrons. The maximum atomic E-state index is 12.0. The molecule has 0 saturated carbocycles. The maximum absolute atomic E-state index is 12.0. The van der Waals surface area contributed by atoms with Crippen molar-refractivity contribution in [1.29, 1.82) is 0 Å². The van der Waals surface area contributed by atoms with Crippen LogP contribution in [-0.2, 0) is 10.2 Å². The highest BCUT2D eigenvalue weighted by Crippen LogP contribution is 2.38. The average Bonchev–Trinajstić information content (AvgIpc) is 2.98. The lowest BCUT2D eigenvalue weighted by Crippen LogP contribution is -2.26. The Morgan fingerprint density at radius 2 is 2.18 bits per heavy atom. The van der Waals surface area contributed by atoms with E-state index < -0.39 is 5.41 Å². The SMILES string of the molecule is CC1(C)C(=O)Nc2cc(Nc3nc4cnccn4n3)ccc21. The molecule has 0 saturated heterocycles. The van der Waals surface area contributed by atoms with Crippen molar-refractivity contribution < 1.29 is 4.79 Å². The molecule has 7 heteroatoms. The Bertz CT molecular complexity index is 865. The first kappa shape index (κ1) is 12.8. The normalized spacial score (nSPS) is 15.6. The minimum absolute atomic E-state index is 0.0107. The molecule has 1 aliphatic heterocycles. The van der Waals surface area contributed by atoms with Crippen LogP contribution in [0.3, 0.4) is 0 Å². The number of hydrogen-bond acceptors (Lipinski definition) is 5. The Morgan fingerprint density at radius 3 is 3.00 bits per heavy atom. The molecule has 1 aliphatic rings. The molecule has 0 aliphatic carbocycles. The fourth-order valence-corrected chi connectivity index (χ4v) is 2.60. The molecular formula is C15H14N6O. The van der Waals surface area contributed by atoms with Gasteiger partial charge in [-0.05, 0) is 31.5 Å². The fourth-order valence-electron chi connectivity index (χ4n) is 2.60. The van der Waals surface area contributed by atoms with Gasteiger partial charge in [0.15, 0.2) is 5.65 Å². The molecule has 22 heavy (non-hydrogen) atoms. The summed E-state index contributed by atoms with van der Waals surface area (Å²) in [5, 5.41) is 10.4. The molecule has 7 nitrogen and oxygen atoms in total. The van der Waals surface area contributed by atoms with Crippen LogP contribution in [0.1, 0.15) is 19.4 Å². The van der Waals surface area contributed by atoms with Crippen molar-refractivity contribution in [2.24, 2.45) is 0 Å². The summed E-state index contributed by atoms with van der Waals surface area (Å²) >= 11 is 0. The monoisotopic (exact) mass is 294 g/mol. The Kier molecular flexibility index (Phi) is 2.47. The van der Waals surface area contributed by atoms with Crippen molar-refractivity contribution >= 4 is 28.9 Å². The van der Waals surface area contributed by atoms with E-state index in [-0.39, 0.29) is 5.91 Å². The van der Waals surface area contributed by atoms with Gasteiger partial charge in [0.05, 0.1) is 11.6 Å². The summed E-state index contributed by atoms with van der Waals surface area (Å²) in [6.45, 7) is 3.83. The number of rotatable bonds is 2. The van der Waals surface area contributed by atoms with Crippen molar-refractivity contribution in [1.82, 2.24) is 19.6 Å². The molecule has 0 spiro atoms. The smallest absolute Gasteiger partial charge is 0.247 e. The fraction of sp³-hybridized carbons (Fsp3) is 0.200. The number of carbonyl (C=O) groups is 1. The van der Waals surface area contributed by atoms with Crippen molar-refractivity contribution in [3.05, 3.63) is 42.4 Å². The third kappa shape index (κ3) is 1.82. The number of nitrogens with zero attached hydrogens (tertiary/aromatic N) is 4. The summed E-state index contributed by atoms with van der Waals surface area (Å²) in [6, 6.07) is 5.77. The topological polar surface area (TPSA) is 84.2 Å². The van der Waals surface area contributed by atoms with Crippen LogP contribution in [0, 0.1) is 0 Å². The van der Waals surface area contributed by atoms with Crippen LogP contribution in [0.2, 0.25) is 0 Å². The number of nitrogens with one attached hydrogen (secondary N) is 2. The number of carbonyl (C=O) groups excluding carboxylic acids is 1. The van der Waals surface area contributed by atoms with Gasteiger partial charge in [-0.2, -0.15) is 4.98 Å². The van der Waals surface area contributed by atoms with Gasteiger partial charge in [0.2, 0.25) is 11.9 Å². The Hall–Kier alpha value is -2.96. The van der Waals surface area contributed by atoms with Gasteiger partial charge in [-0.3, -0.25) is 9.78 Å². The van der Waals surface area contributed by atoms with E-state index in [1.165, 1.54) is 0 Å². The van der Waals surface area contributed by atoms with E-state index in [0.29, 0.717) is 11.6 Å². The van der Waals surface area contributed by atoms with Crippen LogP contribution in [0.25, 0.3) is 5.65 Å². The van der Waals surface area contributed by atoms with Crippen LogP contribution in [0.5, 0.6) is 0 Å². The van der Waals surface area contributed by atoms with E-state index in [9.17, 15) is 4.79 Å². The molecule has 2 N–H and O–H groups in total. The molecule has 0 unspecified atom stereocenters. The summed E-state index contributed by atoms with van der Waals surface area (Å²) < 4.78 is 1.65. The maximum Gasteiger partial charge on any atom is 0.247 e. The zero-order valence-corrected chi connectivity index (χ0v) is 12.2. The number of hydrogen-bond donors (Lipinski definition) is 2. The van der Waals surface area contributed by atoms with Crippen LogP contribution in [-0.4, -0.2) is 25.5 Å². The second kappa shape index (κ2) is 4.27. The minimum Gasteiger partial charge on any atom is -0.325 e. The summed E-state index contributed by atoms with van der Waals surface area (Å²) in [6.07, 6.45) is 5.03. The van der Waals surface area contributed by atoms with Gasteiger partial charge in [-0.15, -0.1) is 5.10 Å². The molecule has 2 aromatic heterocycles. The highest BCUT2D eigenvalue weighted by molar-refractivity contribution is 6.06. The Balaban J connectivity index is 1.67. The van der Waals surface area contributed by atoms with Crippen LogP contribution < -0.4 is 10.6 Å². The lowest BCUT2D eigenvalue weighted by Gasteiger charge is -2.14. The molecule has 0 fully saturated rings. The number of amides is 1. The third-order valence-electron chi connectivity index (χ3n) is 3.91. The summed E-state index contributed by atoms with van der Waals surface area (Å²) in [5.74, 6) is 0.494. The number of aromatic nitrogens is 4. The first-order valence-electron chi connectivity index (χ1n) is 6.93. The van der Waals surface area contributed by atoms with E-state index in [4.69, 9.17) is 0 Å². The highest BCUT2D eigenvalue weighted by Gasteiger charge is 2.38. The minimum atomic E-state index is -0.499. The quantitative estimate of drug-likeness (QED) is 0.756. The predicted molar refractivity (Wildman–Crippen MR) is 82.2 cm³/mol. The van der Waals surface area contributed by atoms with Crippen LogP contribution in [0.4, 0.5) is 17.3 Å². The molecule has 1 amide bonds. The molecule has 0 bridgehead atoms. The van der Waals surface area contributed by atoms with Gasteiger partial charge in [0.1, 0.15) is 0 Å². The molecule has 0 radical (unpaired) electrons. The van der Waals surface area contributed by atoms with E-state index >= 15 is 0 Å². The van der Waals surface area contributed by atoms with Crippen molar-refractivity contribution in [3.8, 4) is 0 Å². The predicted octanol–water partition coefficient (Wildman–Crippen LogP) is 2.10. The number of fused-ring (bicyclic) bond motifs is 2. The Morgan fingerprint density at radius 1 is 1.32 bits per heavy atom. The lowest BCUT2D eigenvalue weighted by atomic mass is 9.86. The van der Waals surface area contributed by atoms with Crippen LogP contribution >= 0.6 is 0 Å². The van der Waals surface area contributed by atoms with E-state index in [1.807, 2.05) is 32.0 Å². The highest BCUT2D eigenvalue weighted by atomic mass is 16.2. The van der Waals surface area contributed by atoms with E-state index in [0.717, 1.165) is 16.9 Å². The zero-order chi connectivity index (χ0) is 15.3. The zero-order valence-electron chi connectivity index (χ0n) is 12.2. The lowest BCUT2D eigenvalue weighted by molar-refractivity contribution is -0.119. The standard InChI is InChI=1S/C15H14N6O/c1-15(2)10-4-3-9(7-11(10)18-13(15)22)17-14-19-12-8-16-5-6-21(12)20-14/h3-8H,1-2H3,(H,17,20)(H,18,22). The van der Waals surface area contributed by atoms with Crippen molar-refractivity contribution in [2.45, 2.75) is 19.3 Å². The molecule has 3 aromatic rings.